The highest BCUT2D eigenvalue weighted by atomic mass is 32.1. The van der Waals surface area contributed by atoms with Crippen LogP contribution in [0.2, 0.25) is 0 Å². The van der Waals surface area contributed by atoms with Gasteiger partial charge in [0.2, 0.25) is 11.8 Å². The van der Waals surface area contributed by atoms with E-state index in [0.29, 0.717) is 24.3 Å². The number of ether oxygens (including phenoxy) is 2. The predicted octanol–water partition coefficient (Wildman–Crippen LogP) is 5.50. The summed E-state index contributed by atoms with van der Waals surface area (Å²) in [5.41, 5.74) is 0.854. The fourth-order valence-corrected chi connectivity index (χ4v) is 8.09. The van der Waals surface area contributed by atoms with Crippen LogP contribution in [-0.4, -0.2) is 111 Å². The monoisotopic (exact) mass is 845 g/mol. The van der Waals surface area contributed by atoms with Gasteiger partial charge in [0.05, 0.1) is 12.0 Å². The molecule has 15 nitrogen and oxygen atoms in total. The molecule has 3 amide bonds. The van der Waals surface area contributed by atoms with Crippen molar-refractivity contribution in [1.82, 2.24) is 25.4 Å². The number of likely N-dealkylation sites (tertiary alicyclic amines) is 1. The second kappa shape index (κ2) is 23.6. The molecule has 2 unspecified atom stereocenters. The van der Waals surface area contributed by atoms with Gasteiger partial charge in [-0.05, 0) is 81.6 Å². The number of thiazole rings is 1. The van der Waals surface area contributed by atoms with Crippen LogP contribution >= 0.6 is 11.3 Å². The van der Waals surface area contributed by atoms with Gasteiger partial charge >= 0.3 is 11.9 Å². The van der Waals surface area contributed by atoms with E-state index >= 15 is 0 Å². The Morgan fingerprint density at radius 3 is 2.25 bits per heavy atom. The normalized spacial score (nSPS) is 18.3. The molecule has 1 aromatic heterocycles. The minimum Gasteiger partial charge on any atom is -0.508 e. The number of benzene rings is 1. The van der Waals surface area contributed by atoms with E-state index in [-0.39, 0.29) is 67.1 Å². The van der Waals surface area contributed by atoms with Crippen molar-refractivity contribution in [2.75, 3.05) is 20.3 Å². The largest absolute Gasteiger partial charge is 0.508 e. The molecule has 0 aliphatic carbocycles. The Morgan fingerprint density at radius 1 is 1.00 bits per heavy atom. The third-order valence-corrected chi connectivity index (χ3v) is 11.8. The Morgan fingerprint density at radius 2 is 1.68 bits per heavy atom. The van der Waals surface area contributed by atoms with Crippen LogP contribution in [-0.2, 0) is 35.1 Å². The lowest BCUT2D eigenvalue weighted by molar-refractivity contribution is -0.163. The SMILES string of the molecule is CC[C@@H](C)C(NC(=O)[C@H]1CCCCN1C)C(=O)N(COC(=O)CC(C)C)[C@H](C[C@@H](OC(C)O)c1nc(C(=O)N[C@@H](Cc2ccc(O)cc2)C[C@H](C)C(=O)O)cs1)C(C)C. The van der Waals surface area contributed by atoms with Crippen molar-refractivity contribution in [2.45, 2.75) is 143 Å². The number of piperidine rings is 1. The molecule has 1 saturated heterocycles. The van der Waals surface area contributed by atoms with Crippen molar-refractivity contribution in [3.05, 3.63) is 45.9 Å². The summed E-state index contributed by atoms with van der Waals surface area (Å²) in [6, 6.07) is 3.95. The van der Waals surface area contributed by atoms with E-state index in [2.05, 4.69) is 15.6 Å². The van der Waals surface area contributed by atoms with Gasteiger partial charge in [0, 0.05) is 30.3 Å². The van der Waals surface area contributed by atoms with Gasteiger partial charge in [0.25, 0.3) is 5.91 Å². The van der Waals surface area contributed by atoms with Gasteiger partial charge < -0.3 is 40.3 Å². The molecule has 2 heterocycles. The van der Waals surface area contributed by atoms with Crippen LogP contribution in [0.3, 0.4) is 0 Å². The number of likely N-dealkylation sites (N-methyl/N-ethyl adjacent to an activating group) is 1. The first-order chi connectivity index (χ1) is 27.8. The number of hydrogen-bond donors (Lipinski definition) is 5. The second-order valence-electron chi connectivity index (χ2n) is 16.8. The van der Waals surface area contributed by atoms with Gasteiger partial charge in [0.15, 0.2) is 13.0 Å². The summed E-state index contributed by atoms with van der Waals surface area (Å²) in [5, 5.41) is 37.8. The van der Waals surface area contributed by atoms with Crippen LogP contribution in [0, 0.1) is 23.7 Å². The first-order valence-electron chi connectivity index (χ1n) is 20.9. The van der Waals surface area contributed by atoms with Crippen molar-refractivity contribution in [1.29, 1.82) is 0 Å². The van der Waals surface area contributed by atoms with E-state index in [9.17, 15) is 39.3 Å². The molecule has 0 bridgehead atoms. The molecule has 1 fully saturated rings. The van der Waals surface area contributed by atoms with Crippen LogP contribution in [0.4, 0.5) is 0 Å². The molecule has 0 saturated carbocycles. The molecule has 8 atom stereocenters. The van der Waals surface area contributed by atoms with Crippen molar-refractivity contribution >= 4 is 41.0 Å². The Hall–Kier alpha value is -4.12. The number of phenolic OH excluding ortho intramolecular Hbond substituents is 1. The number of carbonyl (C=O) groups is 5. The molecule has 1 aromatic carbocycles. The number of rotatable bonds is 23. The molecule has 0 spiro atoms. The molecule has 1 aliphatic rings. The zero-order valence-electron chi connectivity index (χ0n) is 36.2. The topological polar surface area (TPSA) is 208 Å². The number of aliphatic hydroxyl groups is 1. The number of carboxylic acid groups (broad SMARTS) is 1. The number of aromatic nitrogens is 1. The summed E-state index contributed by atoms with van der Waals surface area (Å²) in [6.45, 7) is 14.9. The predicted molar refractivity (Wildman–Crippen MR) is 224 cm³/mol. The number of phenols is 1. The lowest BCUT2D eigenvalue weighted by atomic mass is 9.92. The Kier molecular flexibility index (Phi) is 19.7. The maximum Gasteiger partial charge on any atom is 0.307 e. The maximum atomic E-state index is 14.8. The summed E-state index contributed by atoms with van der Waals surface area (Å²) in [4.78, 5) is 75.0. The molecule has 0 radical (unpaired) electrons. The summed E-state index contributed by atoms with van der Waals surface area (Å²) in [7, 11) is 1.91. The highest BCUT2D eigenvalue weighted by Crippen LogP contribution is 2.32. The number of carbonyl (C=O) groups excluding carboxylic acids is 4. The van der Waals surface area contributed by atoms with Crippen LogP contribution in [0.1, 0.15) is 127 Å². The zero-order valence-corrected chi connectivity index (χ0v) is 37.0. The first-order valence-corrected chi connectivity index (χ1v) is 21.8. The average molecular weight is 846 g/mol. The molecule has 1 aliphatic heterocycles. The first kappa shape index (κ1) is 49.2. The third-order valence-electron chi connectivity index (χ3n) is 10.9. The van der Waals surface area contributed by atoms with Crippen LogP contribution in [0.5, 0.6) is 5.75 Å². The summed E-state index contributed by atoms with van der Waals surface area (Å²) in [5.74, 6) is -3.78. The van der Waals surface area contributed by atoms with Crippen LogP contribution in [0.25, 0.3) is 0 Å². The number of aliphatic carboxylic acids is 1. The fourth-order valence-electron chi connectivity index (χ4n) is 7.24. The lowest BCUT2D eigenvalue weighted by Crippen LogP contribution is -2.59. The van der Waals surface area contributed by atoms with Gasteiger partial charge in [-0.3, -0.25) is 28.9 Å². The molecular formula is C43H67N5O10S. The molecule has 59 heavy (non-hydrogen) atoms. The lowest BCUT2D eigenvalue weighted by Gasteiger charge is -2.39. The molecule has 5 N–H and O–H groups in total. The zero-order chi connectivity index (χ0) is 44.0. The second-order valence-corrected chi connectivity index (χ2v) is 17.7. The average Bonchev–Trinajstić information content (AvgIpc) is 3.67. The fraction of sp³-hybridized carbons (Fsp3) is 0.674. The van der Waals surface area contributed by atoms with Crippen molar-refractivity contribution in [3.8, 4) is 5.75 Å². The van der Waals surface area contributed by atoms with Gasteiger partial charge in [-0.15, -0.1) is 11.3 Å². The van der Waals surface area contributed by atoms with Crippen molar-refractivity contribution in [3.63, 3.8) is 0 Å². The van der Waals surface area contributed by atoms with E-state index in [4.69, 9.17) is 9.47 Å². The summed E-state index contributed by atoms with van der Waals surface area (Å²) >= 11 is 1.14. The smallest absolute Gasteiger partial charge is 0.307 e. The number of nitrogens with zero attached hydrogens (tertiary/aromatic N) is 3. The minimum atomic E-state index is -1.26. The van der Waals surface area contributed by atoms with Gasteiger partial charge in [0.1, 0.15) is 28.6 Å². The van der Waals surface area contributed by atoms with Gasteiger partial charge in [-0.2, -0.15) is 0 Å². The van der Waals surface area contributed by atoms with Crippen LogP contribution < -0.4 is 10.6 Å². The molecule has 2 aromatic rings. The van der Waals surface area contributed by atoms with E-state index < -0.39 is 60.2 Å². The number of aliphatic hydroxyl groups excluding tert-OH is 1. The Bertz CT molecular complexity index is 1670. The number of aromatic hydroxyl groups is 1. The minimum absolute atomic E-state index is 0.0240. The Labute approximate surface area is 353 Å². The maximum absolute atomic E-state index is 14.8. The highest BCUT2D eigenvalue weighted by Gasteiger charge is 2.39. The van der Waals surface area contributed by atoms with E-state index in [1.54, 1.807) is 24.4 Å². The third kappa shape index (κ3) is 15.5. The van der Waals surface area contributed by atoms with Crippen molar-refractivity contribution in [2.24, 2.45) is 23.7 Å². The number of esters is 1. The highest BCUT2D eigenvalue weighted by molar-refractivity contribution is 7.09. The summed E-state index contributed by atoms with van der Waals surface area (Å²) < 4.78 is 11.8. The van der Waals surface area contributed by atoms with Crippen molar-refractivity contribution < 1.29 is 48.8 Å². The molecule has 16 heteroatoms. The van der Waals surface area contributed by atoms with Crippen LogP contribution in [0.15, 0.2) is 29.6 Å². The number of nitrogens with one attached hydrogen (secondary N) is 2. The van der Waals surface area contributed by atoms with Gasteiger partial charge in [-0.25, -0.2) is 4.98 Å². The molecular weight excluding hydrogens is 779 g/mol. The summed E-state index contributed by atoms with van der Waals surface area (Å²) in [6.07, 6.45) is 1.70. The number of amides is 3. The molecule has 330 valence electrons. The number of carboxylic acids is 1. The van der Waals surface area contributed by atoms with E-state index in [1.165, 1.54) is 24.0 Å². The van der Waals surface area contributed by atoms with E-state index in [1.807, 2.05) is 53.5 Å². The molecule has 3 rings (SSSR count). The van der Waals surface area contributed by atoms with E-state index in [0.717, 1.165) is 36.3 Å². The standard InChI is InChI=1S/C43H67N5O10S/c1-10-27(6)38(46-40(53)34-13-11-12-18-47(34)9)42(54)48(24-57-37(51)19-25(2)3)35(26(4)5)22-36(58-29(8)49)41-45-33(23-59-41)39(52)44-31(20-28(7)43(55)56)21-30-14-16-32(50)17-15-30/h14-17,23,25-29,31,34-36,38,49-50H,10-13,18-22,24H2,1-9H3,(H,44,52)(H,46,53)(H,55,56)/t27-,28+,29?,31-,34-,35-,36-,38?/m1/s1. The quantitative estimate of drug-likeness (QED) is 0.0694. The number of hydrogen-bond acceptors (Lipinski definition) is 12. The Balaban J connectivity index is 1.96. The van der Waals surface area contributed by atoms with Gasteiger partial charge in [-0.1, -0.05) is 73.4 Å².